The second-order valence-corrected chi connectivity index (χ2v) is 6.64. The number of alkyl carbamates (subject to hydrolysis) is 1. The van der Waals surface area contributed by atoms with Crippen LogP contribution in [0.1, 0.15) is 40.0 Å². The van der Waals surface area contributed by atoms with E-state index in [1.165, 1.54) is 0 Å². The van der Waals surface area contributed by atoms with E-state index in [9.17, 15) is 27.9 Å². The summed E-state index contributed by atoms with van der Waals surface area (Å²) >= 11 is 0. The first kappa shape index (κ1) is 19.5. The summed E-state index contributed by atoms with van der Waals surface area (Å²) in [7, 11) is 0. The van der Waals surface area contributed by atoms with E-state index in [-0.39, 0.29) is 18.9 Å². The molecule has 2 N–H and O–H groups in total. The summed E-state index contributed by atoms with van der Waals surface area (Å²) in [5.74, 6) is -1.53. The minimum absolute atomic E-state index is 0.285. The molecule has 1 saturated carbocycles. The number of nitrogens with one attached hydrogen (secondary N) is 1. The SMILES string of the molecule is CC(C)(C)OC(=O)NCC(CCOC(F)(F)F)(C(=O)O)C1CC1. The summed E-state index contributed by atoms with van der Waals surface area (Å²) in [6.07, 6.45) is -4.78. The first-order valence-electron chi connectivity index (χ1n) is 7.27. The van der Waals surface area contributed by atoms with Crippen molar-refractivity contribution in [2.75, 3.05) is 13.2 Å². The molecule has 134 valence electrons. The lowest BCUT2D eigenvalue weighted by Gasteiger charge is -2.30. The molecule has 1 amide bonds. The van der Waals surface area contributed by atoms with Crippen molar-refractivity contribution in [2.24, 2.45) is 11.3 Å². The highest BCUT2D eigenvalue weighted by Crippen LogP contribution is 2.48. The Morgan fingerprint density at radius 3 is 2.17 bits per heavy atom. The van der Waals surface area contributed by atoms with E-state index in [2.05, 4.69) is 10.1 Å². The predicted molar refractivity (Wildman–Crippen MR) is 73.7 cm³/mol. The highest BCUT2D eigenvalue weighted by molar-refractivity contribution is 5.77. The lowest BCUT2D eigenvalue weighted by atomic mass is 9.79. The summed E-state index contributed by atoms with van der Waals surface area (Å²) in [5.41, 5.74) is -2.24. The summed E-state index contributed by atoms with van der Waals surface area (Å²) in [5, 5.41) is 11.8. The normalized spacial score (nSPS) is 18.2. The number of amides is 1. The number of hydrogen-bond donors (Lipinski definition) is 2. The molecule has 0 heterocycles. The Morgan fingerprint density at radius 1 is 1.22 bits per heavy atom. The largest absolute Gasteiger partial charge is 0.522 e. The maximum Gasteiger partial charge on any atom is 0.522 e. The van der Waals surface area contributed by atoms with Gasteiger partial charge in [0.15, 0.2) is 0 Å². The van der Waals surface area contributed by atoms with Crippen molar-refractivity contribution in [3.8, 4) is 0 Å². The van der Waals surface area contributed by atoms with Gasteiger partial charge in [-0.1, -0.05) is 0 Å². The van der Waals surface area contributed by atoms with Crippen molar-refractivity contribution >= 4 is 12.1 Å². The average molecular weight is 341 g/mol. The summed E-state index contributed by atoms with van der Waals surface area (Å²) in [6.45, 7) is 3.87. The second-order valence-electron chi connectivity index (χ2n) is 6.64. The molecule has 1 atom stereocenters. The monoisotopic (exact) mass is 341 g/mol. The molecule has 9 heteroatoms. The van der Waals surface area contributed by atoms with Crippen LogP contribution in [-0.2, 0) is 14.3 Å². The van der Waals surface area contributed by atoms with Gasteiger partial charge in [-0.2, -0.15) is 0 Å². The second kappa shape index (κ2) is 6.94. The van der Waals surface area contributed by atoms with E-state index in [1.54, 1.807) is 20.8 Å². The van der Waals surface area contributed by atoms with Gasteiger partial charge in [0.2, 0.25) is 0 Å². The van der Waals surface area contributed by atoms with Crippen LogP contribution in [-0.4, -0.2) is 42.3 Å². The predicted octanol–water partition coefficient (Wildman–Crippen LogP) is 2.92. The highest BCUT2D eigenvalue weighted by Gasteiger charge is 2.51. The zero-order valence-electron chi connectivity index (χ0n) is 13.3. The summed E-state index contributed by atoms with van der Waals surface area (Å²) in [6, 6.07) is 0. The van der Waals surface area contributed by atoms with Crippen LogP contribution in [0.5, 0.6) is 0 Å². The van der Waals surface area contributed by atoms with Crippen molar-refractivity contribution in [1.82, 2.24) is 5.32 Å². The standard InChI is InChI=1S/C14H22F3NO5/c1-12(2,3)23-11(21)18-8-13(10(19)20,9-4-5-9)6-7-22-14(15,16)17/h9H,4-8H2,1-3H3,(H,18,21)(H,19,20). The topological polar surface area (TPSA) is 84.9 Å². The van der Waals surface area contributed by atoms with Gasteiger partial charge in [0, 0.05) is 6.54 Å². The number of hydrogen-bond acceptors (Lipinski definition) is 4. The van der Waals surface area contributed by atoms with Crippen LogP contribution in [0.4, 0.5) is 18.0 Å². The Balaban J connectivity index is 2.69. The molecule has 0 aromatic carbocycles. The Morgan fingerprint density at radius 2 is 1.78 bits per heavy atom. The molecule has 1 aliphatic rings. The quantitative estimate of drug-likeness (QED) is 0.744. The average Bonchev–Trinajstić information content (AvgIpc) is 3.13. The third-order valence-corrected chi connectivity index (χ3v) is 3.55. The van der Waals surface area contributed by atoms with E-state index in [0.717, 1.165) is 0 Å². The Labute approximate surface area is 132 Å². The molecule has 0 saturated heterocycles. The van der Waals surface area contributed by atoms with Gasteiger partial charge in [0.1, 0.15) is 5.60 Å². The molecule has 0 bridgehead atoms. The van der Waals surface area contributed by atoms with Crippen molar-refractivity contribution in [2.45, 2.75) is 52.0 Å². The first-order valence-corrected chi connectivity index (χ1v) is 7.27. The van der Waals surface area contributed by atoms with Gasteiger partial charge in [-0.15, -0.1) is 13.2 Å². The van der Waals surface area contributed by atoms with Gasteiger partial charge in [0.25, 0.3) is 0 Å². The van der Waals surface area contributed by atoms with Crippen molar-refractivity contribution < 1.29 is 37.3 Å². The molecule has 0 radical (unpaired) electrons. The van der Waals surface area contributed by atoms with E-state index < -0.39 is 36.0 Å². The maximum absolute atomic E-state index is 12.1. The van der Waals surface area contributed by atoms with Gasteiger partial charge in [-0.3, -0.25) is 9.53 Å². The van der Waals surface area contributed by atoms with E-state index in [4.69, 9.17) is 4.74 Å². The molecule has 6 nitrogen and oxygen atoms in total. The van der Waals surface area contributed by atoms with E-state index in [0.29, 0.717) is 12.8 Å². The molecule has 0 aromatic rings. The number of alkyl halides is 3. The van der Waals surface area contributed by atoms with E-state index >= 15 is 0 Å². The highest BCUT2D eigenvalue weighted by atomic mass is 19.4. The minimum Gasteiger partial charge on any atom is -0.481 e. The fourth-order valence-corrected chi connectivity index (χ4v) is 2.32. The molecule has 1 rings (SSSR count). The van der Waals surface area contributed by atoms with E-state index in [1.807, 2.05) is 0 Å². The molecular formula is C14H22F3NO5. The summed E-state index contributed by atoms with van der Waals surface area (Å²) in [4.78, 5) is 23.3. The Hall–Kier alpha value is -1.51. The Bertz CT molecular complexity index is 443. The van der Waals surface area contributed by atoms with Gasteiger partial charge >= 0.3 is 18.4 Å². The van der Waals surface area contributed by atoms with Crippen LogP contribution in [0.15, 0.2) is 0 Å². The molecule has 23 heavy (non-hydrogen) atoms. The molecule has 1 fully saturated rings. The van der Waals surface area contributed by atoms with Gasteiger partial charge in [-0.25, -0.2) is 4.79 Å². The minimum atomic E-state index is -4.81. The fourth-order valence-electron chi connectivity index (χ4n) is 2.32. The molecule has 1 unspecified atom stereocenters. The number of ether oxygens (including phenoxy) is 2. The number of rotatable bonds is 7. The zero-order valence-corrected chi connectivity index (χ0v) is 13.3. The maximum atomic E-state index is 12.1. The molecule has 1 aliphatic carbocycles. The van der Waals surface area contributed by atoms with Crippen LogP contribution >= 0.6 is 0 Å². The lowest BCUT2D eigenvalue weighted by Crippen LogP contribution is -2.47. The van der Waals surface area contributed by atoms with Crippen molar-refractivity contribution in [1.29, 1.82) is 0 Å². The van der Waals surface area contributed by atoms with Gasteiger partial charge < -0.3 is 15.2 Å². The third kappa shape index (κ3) is 6.64. The van der Waals surface area contributed by atoms with Crippen molar-refractivity contribution in [3.05, 3.63) is 0 Å². The Kier molecular flexibility index (Phi) is 5.89. The fraction of sp³-hybridized carbons (Fsp3) is 0.857. The molecular weight excluding hydrogens is 319 g/mol. The molecule has 0 spiro atoms. The number of carbonyl (C=O) groups is 2. The summed E-state index contributed by atoms with van der Waals surface area (Å²) < 4.78 is 45.0. The third-order valence-electron chi connectivity index (χ3n) is 3.55. The molecule has 0 aliphatic heterocycles. The van der Waals surface area contributed by atoms with Crippen molar-refractivity contribution in [3.63, 3.8) is 0 Å². The van der Waals surface area contributed by atoms with Gasteiger partial charge in [-0.05, 0) is 46.0 Å². The van der Waals surface area contributed by atoms with Crippen LogP contribution < -0.4 is 5.32 Å². The molecule has 0 aromatic heterocycles. The smallest absolute Gasteiger partial charge is 0.481 e. The number of carboxylic acid groups (broad SMARTS) is 1. The number of carboxylic acids is 1. The van der Waals surface area contributed by atoms with Gasteiger partial charge in [0.05, 0.1) is 12.0 Å². The number of aliphatic carboxylic acids is 1. The zero-order chi connectivity index (χ0) is 17.9. The van der Waals surface area contributed by atoms with Crippen LogP contribution in [0.25, 0.3) is 0 Å². The van der Waals surface area contributed by atoms with Crippen LogP contribution in [0, 0.1) is 11.3 Å². The number of halogens is 3. The van der Waals surface area contributed by atoms with Crippen LogP contribution in [0.2, 0.25) is 0 Å². The number of carbonyl (C=O) groups excluding carboxylic acids is 1. The van der Waals surface area contributed by atoms with Crippen LogP contribution in [0.3, 0.4) is 0 Å². The first-order chi connectivity index (χ1) is 10.4. The lowest BCUT2D eigenvalue weighted by molar-refractivity contribution is -0.326.